The van der Waals surface area contributed by atoms with Gasteiger partial charge in [0, 0.05) is 18.9 Å². The summed E-state index contributed by atoms with van der Waals surface area (Å²) in [5.41, 5.74) is 0.638. The molecular formula is C12H20O3. The molecule has 3 heteroatoms. The van der Waals surface area contributed by atoms with Crippen molar-refractivity contribution < 1.29 is 14.3 Å². The number of ether oxygens (including phenoxy) is 1. The van der Waals surface area contributed by atoms with Gasteiger partial charge in [-0.05, 0) is 19.8 Å². The number of allylic oxidation sites excluding steroid dienone is 2. The van der Waals surface area contributed by atoms with Gasteiger partial charge in [0.15, 0.2) is 5.78 Å². The van der Waals surface area contributed by atoms with Gasteiger partial charge in [-0.1, -0.05) is 20.3 Å². The lowest BCUT2D eigenvalue weighted by Crippen LogP contribution is -2.08. The lowest BCUT2D eigenvalue weighted by Gasteiger charge is -2.08. The molecule has 0 radical (unpaired) electrons. The third-order valence-electron chi connectivity index (χ3n) is 2.17. The zero-order valence-electron chi connectivity index (χ0n) is 10.1. The highest BCUT2D eigenvalue weighted by molar-refractivity contribution is 5.95. The van der Waals surface area contributed by atoms with Gasteiger partial charge < -0.3 is 4.74 Å². The summed E-state index contributed by atoms with van der Waals surface area (Å²) < 4.78 is 4.92. The molecule has 0 amide bonds. The van der Waals surface area contributed by atoms with E-state index in [2.05, 4.69) is 0 Å². The number of esters is 1. The molecule has 0 heterocycles. The Morgan fingerprint density at radius 1 is 1.13 bits per heavy atom. The highest BCUT2D eigenvalue weighted by Crippen LogP contribution is 2.14. The molecule has 0 N–H and O–H groups in total. The number of hydrogen-bond donors (Lipinski definition) is 0. The number of carbonyl (C=O) groups excluding carboxylic acids is 2. The number of unbranched alkanes of at least 4 members (excludes halogenated alkanes) is 1. The van der Waals surface area contributed by atoms with Crippen LogP contribution in [0, 0.1) is 0 Å². The van der Waals surface area contributed by atoms with E-state index < -0.39 is 0 Å². The molecule has 0 aromatic rings. The molecule has 3 nitrogen and oxygen atoms in total. The van der Waals surface area contributed by atoms with Crippen LogP contribution in [0.1, 0.15) is 53.4 Å². The van der Waals surface area contributed by atoms with E-state index in [9.17, 15) is 9.59 Å². The Kier molecular flexibility index (Phi) is 6.67. The van der Waals surface area contributed by atoms with Crippen molar-refractivity contribution >= 4 is 11.8 Å². The predicted octanol–water partition coefficient (Wildman–Crippen LogP) is 2.99. The Bertz CT molecular complexity index is 264. The Morgan fingerprint density at radius 3 is 2.13 bits per heavy atom. The van der Waals surface area contributed by atoms with E-state index >= 15 is 0 Å². The molecule has 86 valence electrons. The largest absolute Gasteiger partial charge is 0.431 e. The van der Waals surface area contributed by atoms with Gasteiger partial charge >= 0.3 is 5.97 Å². The Labute approximate surface area is 91.5 Å². The van der Waals surface area contributed by atoms with Crippen molar-refractivity contribution in [1.82, 2.24) is 0 Å². The van der Waals surface area contributed by atoms with Crippen LogP contribution >= 0.6 is 0 Å². The lowest BCUT2D eigenvalue weighted by atomic mass is 10.0. The molecule has 0 aliphatic carbocycles. The SMILES string of the molecule is CCCCC(=O)/C(CC)=C(\C)OC(C)=O. The Hall–Kier alpha value is -1.12. The van der Waals surface area contributed by atoms with Gasteiger partial charge in [-0.3, -0.25) is 9.59 Å². The smallest absolute Gasteiger partial charge is 0.307 e. The number of carbonyl (C=O) groups is 2. The van der Waals surface area contributed by atoms with Crippen molar-refractivity contribution in [1.29, 1.82) is 0 Å². The van der Waals surface area contributed by atoms with Gasteiger partial charge in [0.1, 0.15) is 5.76 Å². The molecule has 0 spiro atoms. The molecule has 0 saturated heterocycles. The minimum atomic E-state index is -0.373. The van der Waals surface area contributed by atoms with E-state index in [0.29, 0.717) is 24.2 Å². The molecule has 0 aromatic carbocycles. The summed E-state index contributed by atoms with van der Waals surface area (Å²) >= 11 is 0. The van der Waals surface area contributed by atoms with Gasteiger partial charge in [0.05, 0.1) is 0 Å². The lowest BCUT2D eigenvalue weighted by molar-refractivity contribution is -0.136. The van der Waals surface area contributed by atoms with E-state index in [1.807, 2.05) is 13.8 Å². The normalized spacial score (nSPS) is 12.0. The standard InChI is InChI=1S/C12H20O3/c1-5-7-8-12(14)11(6-2)9(3)15-10(4)13/h5-8H2,1-4H3/b11-9+. The van der Waals surface area contributed by atoms with E-state index in [1.165, 1.54) is 6.92 Å². The zero-order chi connectivity index (χ0) is 11.8. The van der Waals surface area contributed by atoms with Crippen LogP contribution in [0.2, 0.25) is 0 Å². The maximum Gasteiger partial charge on any atom is 0.307 e. The van der Waals surface area contributed by atoms with Crippen LogP contribution in [0.3, 0.4) is 0 Å². The fourth-order valence-electron chi connectivity index (χ4n) is 1.41. The second-order valence-corrected chi connectivity index (χ2v) is 3.51. The average Bonchev–Trinajstić information content (AvgIpc) is 2.14. The molecule has 0 bridgehead atoms. The molecule has 0 aromatic heterocycles. The third-order valence-corrected chi connectivity index (χ3v) is 2.17. The fourth-order valence-corrected chi connectivity index (χ4v) is 1.41. The van der Waals surface area contributed by atoms with Crippen LogP contribution in [-0.4, -0.2) is 11.8 Å². The van der Waals surface area contributed by atoms with Gasteiger partial charge in [-0.2, -0.15) is 0 Å². The first-order valence-corrected chi connectivity index (χ1v) is 5.44. The van der Waals surface area contributed by atoms with Crippen molar-refractivity contribution in [2.24, 2.45) is 0 Å². The van der Waals surface area contributed by atoms with Crippen molar-refractivity contribution in [3.63, 3.8) is 0 Å². The zero-order valence-corrected chi connectivity index (χ0v) is 10.1. The fraction of sp³-hybridized carbons (Fsp3) is 0.667. The first-order valence-electron chi connectivity index (χ1n) is 5.44. The minimum absolute atomic E-state index is 0.0955. The van der Waals surface area contributed by atoms with E-state index in [-0.39, 0.29) is 11.8 Å². The number of rotatable bonds is 6. The maximum atomic E-state index is 11.7. The molecule has 0 fully saturated rings. The average molecular weight is 212 g/mol. The summed E-state index contributed by atoms with van der Waals surface area (Å²) in [6.45, 7) is 6.95. The van der Waals surface area contributed by atoms with Crippen LogP contribution < -0.4 is 0 Å². The predicted molar refractivity (Wildman–Crippen MR) is 59.3 cm³/mol. The quantitative estimate of drug-likeness (QED) is 0.386. The summed E-state index contributed by atoms with van der Waals surface area (Å²) in [7, 11) is 0. The number of ketones is 1. The van der Waals surface area contributed by atoms with Crippen LogP contribution in [0.25, 0.3) is 0 Å². The number of hydrogen-bond acceptors (Lipinski definition) is 3. The summed E-state index contributed by atoms with van der Waals surface area (Å²) in [6, 6.07) is 0. The van der Waals surface area contributed by atoms with Crippen LogP contribution in [0.4, 0.5) is 0 Å². The van der Waals surface area contributed by atoms with Crippen LogP contribution in [-0.2, 0) is 14.3 Å². The monoisotopic (exact) mass is 212 g/mol. The van der Waals surface area contributed by atoms with E-state index in [0.717, 1.165) is 12.8 Å². The molecule has 0 saturated carbocycles. The summed E-state index contributed by atoms with van der Waals surface area (Å²) in [4.78, 5) is 22.5. The highest BCUT2D eigenvalue weighted by Gasteiger charge is 2.12. The highest BCUT2D eigenvalue weighted by atomic mass is 16.5. The second kappa shape index (κ2) is 7.21. The van der Waals surface area contributed by atoms with Gasteiger partial charge in [-0.25, -0.2) is 0 Å². The molecule has 0 unspecified atom stereocenters. The maximum absolute atomic E-state index is 11.7. The molecule has 0 aliphatic heterocycles. The summed E-state index contributed by atoms with van der Waals surface area (Å²) in [6.07, 6.45) is 3.03. The van der Waals surface area contributed by atoms with Crippen LogP contribution in [0.5, 0.6) is 0 Å². The van der Waals surface area contributed by atoms with Gasteiger partial charge in [0.25, 0.3) is 0 Å². The topological polar surface area (TPSA) is 43.4 Å². The molecular weight excluding hydrogens is 192 g/mol. The van der Waals surface area contributed by atoms with Crippen molar-refractivity contribution in [2.75, 3.05) is 0 Å². The van der Waals surface area contributed by atoms with E-state index in [4.69, 9.17) is 4.74 Å². The van der Waals surface area contributed by atoms with Crippen LogP contribution in [0.15, 0.2) is 11.3 Å². The van der Waals surface area contributed by atoms with E-state index in [1.54, 1.807) is 6.92 Å². The van der Waals surface area contributed by atoms with Gasteiger partial charge in [0.2, 0.25) is 0 Å². The molecule has 0 rings (SSSR count). The molecule has 0 atom stereocenters. The Balaban J connectivity index is 4.56. The third kappa shape index (κ3) is 5.35. The Morgan fingerprint density at radius 2 is 1.73 bits per heavy atom. The molecule has 0 aliphatic rings. The second-order valence-electron chi connectivity index (χ2n) is 3.51. The minimum Gasteiger partial charge on any atom is -0.431 e. The van der Waals surface area contributed by atoms with Gasteiger partial charge in [-0.15, -0.1) is 0 Å². The number of Topliss-reactive ketones (excluding diaryl/α,β-unsaturated/α-hetero) is 1. The molecule has 15 heavy (non-hydrogen) atoms. The van der Waals surface area contributed by atoms with Crippen molar-refractivity contribution in [3.8, 4) is 0 Å². The first-order chi connectivity index (χ1) is 7.02. The summed E-state index contributed by atoms with van der Waals surface area (Å²) in [5.74, 6) is 0.172. The van der Waals surface area contributed by atoms with Crippen molar-refractivity contribution in [3.05, 3.63) is 11.3 Å². The summed E-state index contributed by atoms with van der Waals surface area (Å²) in [5, 5.41) is 0. The van der Waals surface area contributed by atoms with Crippen molar-refractivity contribution in [2.45, 2.75) is 53.4 Å². The first kappa shape index (κ1) is 13.9.